The molecule has 0 radical (unpaired) electrons. The molecule has 1 aliphatic rings. The van der Waals surface area contributed by atoms with E-state index in [-0.39, 0.29) is 5.56 Å². The van der Waals surface area contributed by atoms with Crippen LogP contribution in [0.1, 0.15) is 24.3 Å². The van der Waals surface area contributed by atoms with E-state index in [1.165, 1.54) is 37.8 Å². The highest BCUT2D eigenvalue weighted by atomic mass is 16.1. The summed E-state index contributed by atoms with van der Waals surface area (Å²) < 4.78 is 0. The molecule has 1 fully saturated rings. The fraction of sp³-hybridized carbons (Fsp3) is 0.300. The summed E-state index contributed by atoms with van der Waals surface area (Å²) in [7, 11) is 2.19. The number of aromatic amines is 1. The number of piperidine rings is 1. The van der Waals surface area contributed by atoms with Crippen molar-refractivity contribution in [2.75, 3.05) is 20.1 Å². The molecule has 0 spiro atoms. The van der Waals surface area contributed by atoms with E-state index in [9.17, 15) is 4.79 Å². The number of benzene rings is 2. The Bertz CT molecular complexity index is 906. The third-order valence-corrected chi connectivity index (χ3v) is 5.07. The van der Waals surface area contributed by atoms with E-state index in [2.05, 4.69) is 46.2 Å². The summed E-state index contributed by atoms with van der Waals surface area (Å²) in [5, 5.41) is 0.634. The Balaban J connectivity index is 1.63. The number of rotatable bonds is 2. The SMILES string of the molecule is CN1CCC(c2ccc(-c3ccc4nc[nH]c(=O)c4c3)cc2)CC1. The third-order valence-electron chi connectivity index (χ3n) is 5.07. The maximum atomic E-state index is 11.9. The molecule has 2 aromatic carbocycles. The lowest BCUT2D eigenvalue weighted by Crippen LogP contribution is -2.29. The first kappa shape index (κ1) is 15.1. The average molecular weight is 319 g/mol. The van der Waals surface area contributed by atoms with Gasteiger partial charge in [-0.25, -0.2) is 4.98 Å². The predicted octanol–water partition coefficient (Wildman–Crippen LogP) is 3.40. The molecule has 4 nitrogen and oxygen atoms in total. The van der Waals surface area contributed by atoms with Gasteiger partial charge in [0, 0.05) is 0 Å². The Labute approximate surface area is 141 Å². The Morgan fingerprint density at radius 2 is 1.75 bits per heavy atom. The first-order valence-electron chi connectivity index (χ1n) is 8.47. The molecule has 24 heavy (non-hydrogen) atoms. The van der Waals surface area contributed by atoms with Crippen molar-refractivity contribution in [3.05, 3.63) is 64.7 Å². The number of H-pyrrole nitrogens is 1. The lowest BCUT2D eigenvalue weighted by atomic mass is 9.88. The second-order valence-corrected chi connectivity index (χ2v) is 6.66. The van der Waals surface area contributed by atoms with Gasteiger partial charge in [-0.15, -0.1) is 0 Å². The molecular formula is C20H21N3O. The van der Waals surface area contributed by atoms with Crippen molar-refractivity contribution in [3.63, 3.8) is 0 Å². The van der Waals surface area contributed by atoms with E-state index in [1.807, 2.05) is 18.2 Å². The van der Waals surface area contributed by atoms with Crippen LogP contribution in [-0.2, 0) is 0 Å². The van der Waals surface area contributed by atoms with Crippen LogP contribution in [0.5, 0.6) is 0 Å². The molecule has 0 atom stereocenters. The molecule has 0 unspecified atom stereocenters. The number of hydrogen-bond acceptors (Lipinski definition) is 3. The molecule has 0 bridgehead atoms. The molecule has 0 aliphatic carbocycles. The molecule has 1 N–H and O–H groups in total. The van der Waals surface area contributed by atoms with Crippen molar-refractivity contribution in [2.45, 2.75) is 18.8 Å². The minimum absolute atomic E-state index is 0.0928. The van der Waals surface area contributed by atoms with E-state index >= 15 is 0 Å². The highest BCUT2D eigenvalue weighted by molar-refractivity contribution is 5.83. The number of likely N-dealkylation sites (tertiary alicyclic amines) is 1. The highest BCUT2D eigenvalue weighted by Crippen LogP contribution is 2.30. The van der Waals surface area contributed by atoms with E-state index in [0.29, 0.717) is 11.3 Å². The van der Waals surface area contributed by atoms with E-state index < -0.39 is 0 Å². The maximum absolute atomic E-state index is 11.9. The molecule has 4 rings (SSSR count). The highest BCUT2D eigenvalue weighted by Gasteiger charge is 2.18. The van der Waals surface area contributed by atoms with Gasteiger partial charge < -0.3 is 9.88 Å². The number of hydrogen-bond donors (Lipinski definition) is 1. The fourth-order valence-electron chi connectivity index (χ4n) is 3.54. The summed E-state index contributed by atoms with van der Waals surface area (Å²) in [6.07, 6.45) is 3.90. The van der Waals surface area contributed by atoms with E-state index in [1.54, 1.807) is 0 Å². The quantitative estimate of drug-likeness (QED) is 0.787. The first-order valence-corrected chi connectivity index (χ1v) is 8.47. The Hall–Kier alpha value is -2.46. The van der Waals surface area contributed by atoms with Crippen LogP contribution in [0.25, 0.3) is 22.0 Å². The van der Waals surface area contributed by atoms with Gasteiger partial charge in [-0.1, -0.05) is 30.3 Å². The minimum atomic E-state index is -0.0928. The maximum Gasteiger partial charge on any atom is 0.258 e. The van der Waals surface area contributed by atoms with Gasteiger partial charge in [-0.2, -0.15) is 0 Å². The fourth-order valence-corrected chi connectivity index (χ4v) is 3.54. The number of fused-ring (bicyclic) bond motifs is 1. The standard InChI is InChI=1S/C20H21N3O/c1-23-10-8-16(9-11-23)14-2-4-15(5-3-14)17-6-7-19-18(12-17)20(24)22-13-21-19/h2-7,12-13,16H,8-11H2,1H3,(H,21,22,24). The van der Waals surface area contributed by atoms with Crippen molar-refractivity contribution in [1.82, 2.24) is 14.9 Å². The molecule has 0 saturated carbocycles. The average Bonchev–Trinajstić information content (AvgIpc) is 2.63. The van der Waals surface area contributed by atoms with Crippen molar-refractivity contribution in [3.8, 4) is 11.1 Å². The van der Waals surface area contributed by atoms with Gasteiger partial charge in [0.2, 0.25) is 0 Å². The zero-order valence-electron chi connectivity index (χ0n) is 13.8. The number of aromatic nitrogens is 2. The second-order valence-electron chi connectivity index (χ2n) is 6.66. The zero-order valence-corrected chi connectivity index (χ0v) is 13.8. The van der Waals surface area contributed by atoms with Gasteiger partial charge in [0.15, 0.2) is 0 Å². The molecule has 0 amide bonds. The van der Waals surface area contributed by atoms with Crippen LogP contribution < -0.4 is 5.56 Å². The second kappa shape index (κ2) is 6.21. The third kappa shape index (κ3) is 2.85. The van der Waals surface area contributed by atoms with Crippen LogP contribution in [0.2, 0.25) is 0 Å². The Morgan fingerprint density at radius 3 is 2.50 bits per heavy atom. The first-order chi connectivity index (χ1) is 11.7. The summed E-state index contributed by atoms with van der Waals surface area (Å²) >= 11 is 0. The Morgan fingerprint density at radius 1 is 1.04 bits per heavy atom. The summed E-state index contributed by atoms with van der Waals surface area (Å²) in [6, 6.07) is 14.7. The van der Waals surface area contributed by atoms with Crippen LogP contribution in [-0.4, -0.2) is 35.0 Å². The van der Waals surface area contributed by atoms with E-state index in [4.69, 9.17) is 0 Å². The molecular weight excluding hydrogens is 298 g/mol. The lowest BCUT2D eigenvalue weighted by molar-refractivity contribution is 0.255. The summed E-state index contributed by atoms with van der Waals surface area (Å²) in [5.74, 6) is 0.666. The van der Waals surface area contributed by atoms with E-state index in [0.717, 1.165) is 16.6 Å². The minimum Gasteiger partial charge on any atom is -0.313 e. The summed E-state index contributed by atoms with van der Waals surface area (Å²) in [4.78, 5) is 21.2. The predicted molar refractivity (Wildman–Crippen MR) is 97.3 cm³/mol. The summed E-state index contributed by atoms with van der Waals surface area (Å²) in [6.45, 7) is 2.35. The molecule has 3 aromatic rings. The van der Waals surface area contributed by atoms with Gasteiger partial charge in [0.05, 0.1) is 17.2 Å². The lowest BCUT2D eigenvalue weighted by Gasteiger charge is -2.29. The topological polar surface area (TPSA) is 49.0 Å². The van der Waals surface area contributed by atoms with Crippen molar-refractivity contribution in [1.29, 1.82) is 0 Å². The van der Waals surface area contributed by atoms with Crippen LogP contribution in [0, 0.1) is 0 Å². The molecule has 1 saturated heterocycles. The van der Waals surface area contributed by atoms with Gasteiger partial charge in [0.1, 0.15) is 0 Å². The van der Waals surface area contributed by atoms with Crippen LogP contribution in [0.4, 0.5) is 0 Å². The van der Waals surface area contributed by atoms with Crippen molar-refractivity contribution in [2.24, 2.45) is 0 Å². The smallest absolute Gasteiger partial charge is 0.258 e. The largest absolute Gasteiger partial charge is 0.313 e. The monoisotopic (exact) mass is 319 g/mol. The van der Waals surface area contributed by atoms with Gasteiger partial charge >= 0.3 is 0 Å². The van der Waals surface area contributed by atoms with Gasteiger partial charge in [0.25, 0.3) is 5.56 Å². The van der Waals surface area contributed by atoms with Crippen LogP contribution in [0.15, 0.2) is 53.6 Å². The van der Waals surface area contributed by atoms with Crippen molar-refractivity contribution < 1.29 is 0 Å². The molecule has 122 valence electrons. The van der Waals surface area contributed by atoms with Crippen molar-refractivity contribution >= 4 is 10.9 Å². The van der Waals surface area contributed by atoms with Gasteiger partial charge in [-0.05, 0) is 67.7 Å². The normalized spacial score (nSPS) is 16.5. The Kier molecular flexibility index (Phi) is 3.90. The summed E-state index contributed by atoms with van der Waals surface area (Å²) in [5.41, 5.74) is 4.25. The van der Waals surface area contributed by atoms with Gasteiger partial charge in [-0.3, -0.25) is 4.79 Å². The van der Waals surface area contributed by atoms with Crippen LogP contribution >= 0.6 is 0 Å². The molecule has 1 aromatic heterocycles. The number of nitrogens with one attached hydrogen (secondary N) is 1. The molecule has 1 aliphatic heterocycles. The van der Waals surface area contributed by atoms with Crippen LogP contribution in [0.3, 0.4) is 0 Å². The molecule has 2 heterocycles. The zero-order chi connectivity index (χ0) is 16.5. The number of nitrogens with zero attached hydrogens (tertiary/aromatic N) is 2. The molecule has 4 heteroatoms.